The molecule has 28 heavy (non-hydrogen) atoms. The molecule has 1 saturated heterocycles. The number of methoxy groups -OCH3 is 2. The Balaban J connectivity index is 1.52. The third-order valence-corrected chi connectivity index (χ3v) is 7.32. The minimum Gasteiger partial charge on any atom is -0.497 e. The summed E-state index contributed by atoms with van der Waals surface area (Å²) in [5.74, 6) is 0.820. The number of hydrogen-bond donors (Lipinski definition) is 2. The summed E-state index contributed by atoms with van der Waals surface area (Å²) in [5.41, 5.74) is 3.78. The molecule has 0 radical (unpaired) electrons. The summed E-state index contributed by atoms with van der Waals surface area (Å²) in [5, 5.41) is 11.8. The number of aromatic amines is 1. The molecule has 0 spiro atoms. The Morgan fingerprint density at radius 3 is 2.93 bits per heavy atom. The standard InChI is InChI=1S/C22H28N2O4/c1-27-13-4-5-14-15-7-8-24-11-12-3-6-19(25)20(22(26)28-2)16(12)10-18(24)21(15)23-17(14)9-13/h4-5,9,12,16,18-20,23,25H,3,6-8,10-11H2,1-2H3/t12-,16-,18+,19+,20+/m1/s1. The van der Waals surface area contributed by atoms with E-state index in [1.54, 1.807) is 7.11 Å². The van der Waals surface area contributed by atoms with Crippen molar-refractivity contribution in [2.45, 2.75) is 37.8 Å². The smallest absolute Gasteiger partial charge is 0.311 e. The second kappa shape index (κ2) is 6.78. The first-order valence-electron chi connectivity index (χ1n) is 10.3. The van der Waals surface area contributed by atoms with Crippen LogP contribution >= 0.6 is 0 Å². The lowest BCUT2D eigenvalue weighted by Crippen LogP contribution is -2.53. The zero-order valence-corrected chi connectivity index (χ0v) is 16.5. The van der Waals surface area contributed by atoms with Crippen LogP contribution in [0, 0.1) is 17.8 Å². The van der Waals surface area contributed by atoms with Crippen molar-refractivity contribution in [3.05, 3.63) is 29.5 Å². The molecule has 2 fully saturated rings. The zero-order chi connectivity index (χ0) is 19.4. The number of piperidine rings is 1. The van der Waals surface area contributed by atoms with Gasteiger partial charge in [-0.25, -0.2) is 0 Å². The molecule has 6 heteroatoms. The third-order valence-electron chi connectivity index (χ3n) is 7.32. The van der Waals surface area contributed by atoms with Crippen LogP contribution in [-0.2, 0) is 16.0 Å². The molecule has 1 aliphatic carbocycles. The molecule has 5 atom stereocenters. The lowest BCUT2D eigenvalue weighted by atomic mass is 9.65. The molecule has 1 saturated carbocycles. The highest BCUT2D eigenvalue weighted by Gasteiger charge is 2.49. The Hall–Kier alpha value is -2.05. The van der Waals surface area contributed by atoms with E-state index >= 15 is 0 Å². The van der Waals surface area contributed by atoms with Crippen LogP contribution in [0.3, 0.4) is 0 Å². The molecule has 2 aliphatic heterocycles. The molecule has 0 unspecified atom stereocenters. The van der Waals surface area contributed by atoms with E-state index in [0.717, 1.165) is 43.6 Å². The molecule has 3 heterocycles. The topological polar surface area (TPSA) is 74.8 Å². The van der Waals surface area contributed by atoms with Gasteiger partial charge in [-0.15, -0.1) is 0 Å². The fraction of sp³-hybridized carbons (Fsp3) is 0.591. The van der Waals surface area contributed by atoms with Crippen molar-refractivity contribution in [1.29, 1.82) is 0 Å². The van der Waals surface area contributed by atoms with E-state index in [-0.39, 0.29) is 17.9 Å². The minimum absolute atomic E-state index is 0.171. The molecule has 1 aromatic heterocycles. The van der Waals surface area contributed by atoms with Gasteiger partial charge in [0.15, 0.2) is 0 Å². The van der Waals surface area contributed by atoms with Crippen molar-refractivity contribution >= 4 is 16.9 Å². The number of ether oxygens (including phenoxy) is 2. The van der Waals surface area contributed by atoms with Crippen molar-refractivity contribution in [1.82, 2.24) is 9.88 Å². The predicted octanol–water partition coefficient (Wildman–Crippen LogP) is 2.66. The first-order chi connectivity index (χ1) is 13.6. The van der Waals surface area contributed by atoms with Gasteiger partial charge in [-0.2, -0.15) is 0 Å². The highest BCUT2D eigenvalue weighted by Crippen LogP contribution is 2.49. The number of carbonyl (C=O) groups is 1. The SMILES string of the molecule is COC(=O)[C@H]1[C@@H]2C[C@H]3c4[nH]c5cc(OC)ccc5c4CCN3C[C@H]2CC[C@@H]1O. The lowest BCUT2D eigenvalue weighted by Gasteiger charge is -2.50. The van der Waals surface area contributed by atoms with Gasteiger partial charge < -0.3 is 19.6 Å². The molecule has 0 amide bonds. The summed E-state index contributed by atoms with van der Waals surface area (Å²) < 4.78 is 10.4. The van der Waals surface area contributed by atoms with E-state index in [0.29, 0.717) is 12.3 Å². The summed E-state index contributed by atoms with van der Waals surface area (Å²) in [4.78, 5) is 18.7. The molecule has 5 rings (SSSR count). The van der Waals surface area contributed by atoms with Gasteiger partial charge in [0, 0.05) is 35.8 Å². The summed E-state index contributed by atoms with van der Waals surface area (Å²) in [6.45, 7) is 2.04. The van der Waals surface area contributed by atoms with Crippen molar-refractivity contribution in [3.8, 4) is 5.75 Å². The number of fused-ring (bicyclic) bond motifs is 6. The van der Waals surface area contributed by atoms with E-state index in [2.05, 4.69) is 22.0 Å². The Kier molecular flexibility index (Phi) is 4.36. The molecule has 0 bridgehead atoms. The van der Waals surface area contributed by atoms with Gasteiger partial charge >= 0.3 is 5.97 Å². The number of H-pyrrole nitrogens is 1. The number of aromatic nitrogens is 1. The fourth-order valence-corrected chi connectivity index (χ4v) is 5.97. The van der Waals surface area contributed by atoms with E-state index in [1.807, 2.05) is 6.07 Å². The Morgan fingerprint density at radius 1 is 1.29 bits per heavy atom. The van der Waals surface area contributed by atoms with Crippen molar-refractivity contribution in [3.63, 3.8) is 0 Å². The van der Waals surface area contributed by atoms with Crippen LogP contribution in [0.2, 0.25) is 0 Å². The summed E-state index contributed by atoms with van der Waals surface area (Å²) in [7, 11) is 3.12. The van der Waals surface area contributed by atoms with E-state index in [9.17, 15) is 9.90 Å². The second-order valence-electron chi connectivity index (χ2n) is 8.54. The fourth-order valence-electron chi connectivity index (χ4n) is 5.97. The van der Waals surface area contributed by atoms with Crippen LogP contribution in [0.4, 0.5) is 0 Å². The van der Waals surface area contributed by atoms with Crippen LogP contribution in [0.1, 0.15) is 36.6 Å². The van der Waals surface area contributed by atoms with E-state index in [1.165, 1.54) is 23.8 Å². The van der Waals surface area contributed by atoms with Gasteiger partial charge in [0.25, 0.3) is 0 Å². The molecule has 6 nitrogen and oxygen atoms in total. The van der Waals surface area contributed by atoms with Gasteiger partial charge in [-0.05, 0) is 55.2 Å². The number of hydrogen-bond acceptors (Lipinski definition) is 5. The van der Waals surface area contributed by atoms with Gasteiger partial charge in [-0.3, -0.25) is 9.69 Å². The number of benzene rings is 1. The third kappa shape index (κ3) is 2.65. The number of nitrogens with zero attached hydrogens (tertiary/aromatic N) is 1. The second-order valence-corrected chi connectivity index (χ2v) is 8.54. The van der Waals surface area contributed by atoms with Gasteiger partial charge in [0.1, 0.15) is 5.75 Å². The highest BCUT2D eigenvalue weighted by molar-refractivity contribution is 5.86. The Morgan fingerprint density at radius 2 is 2.14 bits per heavy atom. The van der Waals surface area contributed by atoms with Gasteiger partial charge in [0.05, 0.1) is 32.3 Å². The van der Waals surface area contributed by atoms with Crippen molar-refractivity contribution in [2.75, 3.05) is 27.3 Å². The number of rotatable bonds is 2. The Labute approximate surface area is 164 Å². The number of aliphatic hydroxyl groups excluding tert-OH is 1. The number of esters is 1. The Bertz CT molecular complexity index is 907. The average molecular weight is 384 g/mol. The van der Waals surface area contributed by atoms with Gasteiger partial charge in [0.2, 0.25) is 0 Å². The average Bonchev–Trinajstić information content (AvgIpc) is 3.10. The van der Waals surface area contributed by atoms with Gasteiger partial charge in [-0.1, -0.05) is 0 Å². The number of carbonyl (C=O) groups excluding carboxylic acids is 1. The van der Waals surface area contributed by atoms with Crippen LogP contribution in [0.15, 0.2) is 18.2 Å². The maximum atomic E-state index is 12.4. The summed E-state index contributed by atoms with van der Waals surface area (Å²) in [6.07, 6.45) is 3.02. The molecular formula is C22H28N2O4. The molecule has 2 aromatic rings. The monoisotopic (exact) mass is 384 g/mol. The van der Waals surface area contributed by atoms with Crippen LogP contribution < -0.4 is 4.74 Å². The normalized spacial score (nSPS) is 32.3. The molecule has 150 valence electrons. The van der Waals surface area contributed by atoms with Crippen LogP contribution in [-0.4, -0.2) is 54.4 Å². The molecule has 1 aromatic carbocycles. The van der Waals surface area contributed by atoms with Crippen molar-refractivity contribution in [2.24, 2.45) is 17.8 Å². The summed E-state index contributed by atoms with van der Waals surface area (Å²) in [6, 6.07) is 6.49. The van der Waals surface area contributed by atoms with Crippen molar-refractivity contribution < 1.29 is 19.4 Å². The largest absolute Gasteiger partial charge is 0.497 e. The molecule has 3 aliphatic rings. The molecule has 2 N–H and O–H groups in total. The quantitative estimate of drug-likeness (QED) is 0.779. The zero-order valence-electron chi connectivity index (χ0n) is 16.5. The summed E-state index contributed by atoms with van der Waals surface area (Å²) >= 11 is 0. The highest BCUT2D eigenvalue weighted by atomic mass is 16.5. The lowest BCUT2D eigenvalue weighted by molar-refractivity contribution is -0.160. The first-order valence-corrected chi connectivity index (χ1v) is 10.3. The van der Waals surface area contributed by atoms with Crippen LogP contribution in [0.5, 0.6) is 5.75 Å². The van der Waals surface area contributed by atoms with E-state index in [4.69, 9.17) is 9.47 Å². The van der Waals surface area contributed by atoms with Crippen LogP contribution in [0.25, 0.3) is 10.9 Å². The maximum Gasteiger partial charge on any atom is 0.311 e. The number of nitrogens with one attached hydrogen (secondary N) is 1. The molecular weight excluding hydrogens is 356 g/mol. The minimum atomic E-state index is -0.588. The first kappa shape index (κ1) is 18.0. The maximum absolute atomic E-state index is 12.4. The number of aliphatic hydroxyl groups is 1. The predicted molar refractivity (Wildman–Crippen MR) is 105 cm³/mol. The van der Waals surface area contributed by atoms with E-state index < -0.39 is 12.0 Å².